The van der Waals surface area contributed by atoms with Crippen molar-refractivity contribution < 1.29 is 14.7 Å². The Labute approximate surface area is 103 Å². The van der Waals surface area contributed by atoms with Crippen molar-refractivity contribution in [3.05, 3.63) is 12.3 Å². The van der Waals surface area contributed by atoms with E-state index >= 15 is 0 Å². The van der Waals surface area contributed by atoms with Crippen LogP contribution in [-0.2, 0) is 9.53 Å². The zero-order valence-corrected chi connectivity index (χ0v) is 10.9. The zero-order valence-electron chi connectivity index (χ0n) is 10.9. The van der Waals surface area contributed by atoms with Crippen LogP contribution in [0.5, 0.6) is 0 Å². The molecule has 0 amide bonds. The molecule has 0 unspecified atom stereocenters. The van der Waals surface area contributed by atoms with E-state index in [1.54, 1.807) is 5.48 Å². The second-order valence-electron chi connectivity index (χ2n) is 5.36. The molecule has 0 aromatic heterocycles. The van der Waals surface area contributed by atoms with Gasteiger partial charge in [-0.1, -0.05) is 33.8 Å². The third-order valence-corrected chi connectivity index (χ3v) is 3.60. The summed E-state index contributed by atoms with van der Waals surface area (Å²) in [5.41, 5.74) is 1.63. The average Bonchev–Trinajstić information content (AvgIpc) is 2.27. The molecule has 4 heteroatoms. The van der Waals surface area contributed by atoms with Gasteiger partial charge in [0.2, 0.25) is 0 Å². The molecule has 0 aliphatic heterocycles. The lowest BCUT2D eigenvalue weighted by molar-refractivity contribution is -0.152. The van der Waals surface area contributed by atoms with Gasteiger partial charge in [-0.3, -0.25) is 10.7 Å². The maximum Gasteiger partial charge on any atom is 0.356 e. The summed E-state index contributed by atoms with van der Waals surface area (Å²) in [4.78, 5) is 11.6. The molecule has 0 saturated heterocycles. The number of esters is 1. The quantitative estimate of drug-likeness (QED) is 0.451. The number of rotatable bonds is 4. The van der Waals surface area contributed by atoms with Gasteiger partial charge >= 0.3 is 5.97 Å². The monoisotopic (exact) mass is 241 g/mol. The molecule has 0 heterocycles. The van der Waals surface area contributed by atoms with Crippen molar-refractivity contribution >= 4 is 5.97 Å². The molecule has 1 fully saturated rings. The molecule has 4 nitrogen and oxygen atoms in total. The van der Waals surface area contributed by atoms with E-state index in [4.69, 9.17) is 9.94 Å². The summed E-state index contributed by atoms with van der Waals surface area (Å²) in [6.07, 6.45) is 3.12. The SMILES string of the molecule is C=C(NO)C(=O)O[C@@H]1C[C@H](C)CC[C@@H]1C(C)C. The molecule has 98 valence electrons. The molecular formula is C13H23NO3. The second-order valence-corrected chi connectivity index (χ2v) is 5.36. The van der Waals surface area contributed by atoms with Crippen molar-refractivity contribution in [2.75, 3.05) is 0 Å². The van der Waals surface area contributed by atoms with E-state index in [-0.39, 0.29) is 11.8 Å². The first-order valence-corrected chi connectivity index (χ1v) is 6.25. The van der Waals surface area contributed by atoms with Crippen LogP contribution in [0, 0.1) is 17.8 Å². The van der Waals surface area contributed by atoms with Crippen molar-refractivity contribution in [2.45, 2.75) is 46.1 Å². The first-order valence-electron chi connectivity index (χ1n) is 6.25. The fraction of sp³-hybridized carbons (Fsp3) is 0.769. The molecule has 0 aromatic rings. The highest BCUT2D eigenvalue weighted by atomic mass is 16.6. The van der Waals surface area contributed by atoms with E-state index in [2.05, 4.69) is 27.4 Å². The number of hydrogen-bond acceptors (Lipinski definition) is 4. The predicted molar refractivity (Wildman–Crippen MR) is 65.3 cm³/mol. The van der Waals surface area contributed by atoms with Gasteiger partial charge in [-0.2, -0.15) is 0 Å². The predicted octanol–water partition coefficient (Wildman–Crippen LogP) is 2.48. The van der Waals surface area contributed by atoms with Crippen molar-refractivity contribution in [1.29, 1.82) is 0 Å². The van der Waals surface area contributed by atoms with Gasteiger partial charge in [-0.15, -0.1) is 0 Å². The minimum Gasteiger partial charge on any atom is -0.457 e. The first kappa shape index (κ1) is 14.0. The van der Waals surface area contributed by atoms with Gasteiger partial charge in [0.25, 0.3) is 0 Å². The summed E-state index contributed by atoms with van der Waals surface area (Å²) >= 11 is 0. The molecule has 1 saturated carbocycles. The summed E-state index contributed by atoms with van der Waals surface area (Å²) in [7, 11) is 0. The minimum atomic E-state index is -0.558. The molecule has 0 aromatic carbocycles. The highest BCUT2D eigenvalue weighted by Crippen LogP contribution is 2.35. The Morgan fingerprint density at radius 2 is 2.12 bits per heavy atom. The Bertz CT molecular complexity index is 288. The van der Waals surface area contributed by atoms with Gasteiger partial charge in [-0.05, 0) is 30.6 Å². The number of carbonyl (C=O) groups is 1. The van der Waals surface area contributed by atoms with Crippen LogP contribution < -0.4 is 5.48 Å². The standard InChI is InChI=1S/C13H23NO3/c1-8(2)11-6-5-9(3)7-12(11)17-13(15)10(4)14-16/h8-9,11-12,14,16H,4-7H2,1-3H3/t9-,11-,12-/m1/s1. The Balaban J connectivity index is 2.63. The maximum atomic E-state index is 11.6. The highest BCUT2D eigenvalue weighted by molar-refractivity contribution is 5.86. The Morgan fingerprint density at radius 1 is 1.47 bits per heavy atom. The van der Waals surface area contributed by atoms with E-state index in [0.717, 1.165) is 12.8 Å². The molecule has 2 N–H and O–H groups in total. The Morgan fingerprint density at radius 3 is 2.65 bits per heavy atom. The average molecular weight is 241 g/mol. The van der Waals surface area contributed by atoms with Crippen LogP contribution in [0.1, 0.15) is 40.0 Å². The van der Waals surface area contributed by atoms with Gasteiger partial charge < -0.3 is 4.74 Å². The molecule has 1 aliphatic rings. The van der Waals surface area contributed by atoms with Crippen LogP contribution in [0.25, 0.3) is 0 Å². The third-order valence-electron chi connectivity index (χ3n) is 3.60. The van der Waals surface area contributed by atoms with E-state index < -0.39 is 5.97 Å². The molecule has 17 heavy (non-hydrogen) atoms. The molecule has 0 bridgehead atoms. The van der Waals surface area contributed by atoms with Crippen molar-refractivity contribution in [1.82, 2.24) is 5.48 Å². The number of ether oxygens (including phenoxy) is 1. The van der Waals surface area contributed by atoms with E-state index in [1.807, 2.05) is 0 Å². The first-order chi connectivity index (χ1) is 7.95. The van der Waals surface area contributed by atoms with Gasteiger partial charge in [0.05, 0.1) is 0 Å². The van der Waals surface area contributed by atoms with E-state index in [0.29, 0.717) is 17.8 Å². The molecule has 1 rings (SSSR count). The summed E-state index contributed by atoms with van der Waals surface area (Å²) in [6, 6.07) is 0. The van der Waals surface area contributed by atoms with Crippen LogP contribution in [0.4, 0.5) is 0 Å². The molecule has 3 atom stereocenters. The largest absolute Gasteiger partial charge is 0.457 e. The van der Waals surface area contributed by atoms with Gasteiger partial charge in [-0.25, -0.2) is 4.79 Å². The molecule has 0 spiro atoms. The summed E-state index contributed by atoms with van der Waals surface area (Å²) < 4.78 is 5.43. The van der Waals surface area contributed by atoms with Gasteiger partial charge in [0.15, 0.2) is 0 Å². The van der Waals surface area contributed by atoms with Crippen molar-refractivity contribution in [2.24, 2.45) is 17.8 Å². The molecule has 0 radical (unpaired) electrons. The van der Waals surface area contributed by atoms with E-state index in [9.17, 15) is 4.79 Å². The van der Waals surface area contributed by atoms with Crippen molar-refractivity contribution in [3.8, 4) is 0 Å². The van der Waals surface area contributed by atoms with Crippen molar-refractivity contribution in [3.63, 3.8) is 0 Å². The lowest BCUT2D eigenvalue weighted by Crippen LogP contribution is -2.37. The summed E-state index contributed by atoms with van der Waals surface area (Å²) in [5.74, 6) is 0.924. The fourth-order valence-corrected chi connectivity index (χ4v) is 2.50. The number of hydroxylamine groups is 1. The van der Waals surface area contributed by atoms with Crippen LogP contribution in [0.3, 0.4) is 0 Å². The number of carbonyl (C=O) groups excluding carboxylic acids is 1. The van der Waals surface area contributed by atoms with Crippen LogP contribution >= 0.6 is 0 Å². The van der Waals surface area contributed by atoms with Gasteiger partial charge in [0, 0.05) is 0 Å². The van der Waals surface area contributed by atoms with Crippen LogP contribution in [0.15, 0.2) is 12.3 Å². The lowest BCUT2D eigenvalue weighted by Gasteiger charge is -2.36. The normalized spacial score (nSPS) is 28.9. The smallest absolute Gasteiger partial charge is 0.356 e. The third kappa shape index (κ3) is 3.73. The second kappa shape index (κ2) is 6.05. The number of nitrogens with one attached hydrogen (secondary N) is 1. The molecule has 1 aliphatic carbocycles. The van der Waals surface area contributed by atoms with Crippen LogP contribution in [0.2, 0.25) is 0 Å². The fourth-order valence-electron chi connectivity index (χ4n) is 2.50. The Kier molecular flexibility index (Phi) is 5.00. The summed E-state index contributed by atoms with van der Waals surface area (Å²) in [5, 5.41) is 8.61. The molecular weight excluding hydrogens is 218 g/mol. The van der Waals surface area contributed by atoms with Gasteiger partial charge in [0.1, 0.15) is 11.8 Å². The van der Waals surface area contributed by atoms with Crippen LogP contribution in [-0.4, -0.2) is 17.3 Å². The lowest BCUT2D eigenvalue weighted by atomic mass is 9.75. The minimum absolute atomic E-state index is 0.0589. The zero-order chi connectivity index (χ0) is 13.0. The Hall–Kier alpha value is -1.03. The van der Waals surface area contributed by atoms with E-state index in [1.165, 1.54) is 6.42 Å². The summed E-state index contributed by atoms with van der Waals surface area (Å²) in [6.45, 7) is 9.88. The topological polar surface area (TPSA) is 58.6 Å². The maximum absolute atomic E-state index is 11.6. The number of hydrogen-bond donors (Lipinski definition) is 2. The highest BCUT2D eigenvalue weighted by Gasteiger charge is 2.33.